The monoisotopic (exact) mass is 443 g/mol. The van der Waals surface area contributed by atoms with Gasteiger partial charge in [0.05, 0.1) is 0 Å². The van der Waals surface area contributed by atoms with Crippen LogP contribution in [0.1, 0.15) is 37.1 Å². The van der Waals surface area contributed by atoms with Gasteiger partial charge in [-0.2, -0.15) is 0 Å². The van der Waals surface area contributed by atoms with E-state index in [0.29, 0.717) is 34.1 Å². The molecule has 0 amide bonds. The van der Waals surface area contributed by atoms with Crippen molar-refractivity contribution in [3.8, 4) is 23.0 Å². The summed E-state index contributed by atoms with van der Waals surface area (Å²) >= 11 is 0. The lowest BCUT2D eigenvalue weighted by Gasteiger charge is -2.44. The highest BCUT2D eigenvalue weighted by molar-refractivity contribution is 5.47. The summed E-state index contributed by atoms with van der Waals surface area (Å²) in [6.45, 7) is 3.30. The summed E-state index contributed by atoms with van der Waals surface area (Å²) in [5, 5.41) is 27.6. The molecule has 0 radical (unpaired) electrons. The normalized spacial score (nSPS) is 27.2. The highest BCUT2D eigenvalue weighted by Crippen LogP contribution is 2.49. The minimum absolute atomic E-state index is 0.0737. The molecule has 0 aliphatic carbocycles. The average molecular weight is 443 g/mol. The summed E-state index contributed by atoms with van der Waals surface area (Å²) in [6.07, 6.45) is 0. The smallest absolute Gasteiger partial charge is 0.243 e. The Morgan fingerprint density at radius 3 is 1.59 bits per heavy atom. The van der Waals surface area contributed by atoms with Crippen LogP contribution in [-0.4, -0.2) is 35.5 Å². The van der Waals surface area contributed by atoms with E-state index in [9.17, 15) is 20.2 Å². The first kappa shape index (κ1) is 20.3. The maximum atomic E-state index is 12.2. The van der Waals surface area contributed by atoms with Gasteiger partial charge in [-0.05, 0) is 49.2 Å². The second-order valence-electron chi connectivity index (χ2n) is 8.63. The second kappa shape index (κ2) is 7.23. The quantitative estimate of drug-likeness (QED) is 0.559. The van der Waals surface area contributed by atoms with Crippen molar-refractivity contribution in [1.82, 2.24) is 5.32 Å². The molecule has 0 bridgehead atoms. The Morgan fingerprint density at radius 2 is 1.19 bits per heavy atom. The predicted molar refractivity (Wildman–Crippen MR) is 109 cm³/mol. The fourth-order valence-electron chi connectivity index (χ4n) is 4.97. The van der Waals surface area contributed by atoms with Gasteiger partial charge in [0.2, 0.25) is 25.7 Å². The number of nitrogens with one attached hydrogen (secondary N) is 1. The molecular formula is C21H21N3O8. The molecular weight excluding hydrogens is 422 g/mol. The van der Waals surface area contributed by atoms with Gasteiger partial charge in [-0.3, -0.25) is 25.5 Å². The van der Waals surface area contributed by atoms with E-state index in [2.05, 4.69) is 5.32 Å². The standard InChI is InChI=1S/C21H21N3O8/c1-21(2)19(23(25)26)17(11-3-5-13-15(7-11)31-9-29-13)22-18(20(21)24(27)28)12-4-6-14-16(8-12)32-10-30-14/h3-8,17-20,22H,9-10H2,1-2H3/t17-,18-,19-,20-/m0/s1. The van der Waals surface area contributed by atoms with E-state index >= 15 is 0 Å². The van der Waals surface area contributed by atoms with Crippen LogP contribution >= 0.6 is 0 Å². The summed E-state index contributed by atoms with van der Waals surface area (Å²) in [4.78, 5) is 23.5. The molecule has 3 aliphatic rings. The zero-order chi connectivity index (χ0) is 22.6. The Hall–Kier alpha value is -3.60. The van der Waals surface area contributed by atoms with Gasteiger partial charge in [-0.1, -0.05) is 12.1 Å². The first-order chi connectivity index (χ1) is 15.3. The van der Waals surface area contributed by atoms with Crippen LogP contribution in [0.3, 0.4) is 0 Å². The van der Waals surface area contributed by atoms with Crippen molar-refractivity contribution < 1.29 is 28.8 Å². The third-order valence-corrected chi connectivity index (χ3v) is 6.48. The van der Waals surface area contributed by atoms with Crippen LogP contribution in [0.5, 0.6) is 23.0 Å². The number of hydrogen-bond acceptors (Lipinski definition) is 9. The molecule has 1 saturated heterocycles. The van der Waals surface area contributed by atoms with Gasteiger partial charge < -0.3 is 18.9 Å². The SMILES string of the molecule is CC1(C)[C@@H]([N+](=O)[O-])[C@H](c2ccc3c(c2)OCO3)N[C@@H](c2ccc3c(c2)OCO3)[C@@H]1[N+](=O)[O-]. The van der Waals surface area contributed by atoms with Gasteiger partial charge in [-0.15, -0.1) is 0 Å². The number of rotatable bonds is 4. The minimum Gasteiger partial charge on any atom is -0.454 e. The lowest BCUT2D eigenvalue weighted by Crippen LogP contribution is -2.63. The molecule has 32 heavy (non-hydrogen) atoms. The summed E-state index contributed by atoms with van der Waals surface area (Å²) in [5.74, 6) is 2.08. The van der Waals surface area contributed by atoms with Crippen LogP contribution in [0.4, 0.5) is 0 Å². The maximum Gasteiger partial charge on any atom is 0.243 e. The fraction of sp³-hybridized carbons (Fsp3) is 0.429. The zero-order valence-corrected chi connectivity index (χ0v) is 17.3. The van der Waals surface area contributed by atoms with Gasteiger partial charge in [0.25, 0.3) is 0 Å². The predicted octanol–water partition coefficient (Wildman–Crippen LogP) is 2.85. The molecule has 0 spiro atoms. The van der Waals surface area contributed by atoms with E-state index in [4.69, 9.17) is 18.9 Å². The van der Waals surface area contributed by atoms with Gasteiger partial charge >= 0.3 is 0 Å². The highest BCUT2D eigenvalue weighted by Gasteiger charge is 2.63. The number of hydrogen-bond donors (Lipinski definition) is 1. The Bertz CT molecular complexity index is 1020. The number of ether oxygens (including phenoxy) is 4. The van der Waals surface area contributed by atoms with Crippen molar-refractivity contribution in [1.29, 1.82) is 0 Å². The van der Waals surface area contributed by atoms with Gasteiger partial charge in [0.1, 0.15) is 17.5 Å². The van der Waals surface area contributed by atoms with Crippen LogP contribution in [0.2, 0.25) is 0 Å². The lowest BCUT2D eigenvalue weighted by atomic mass is 9.66. The van der Waals surface area contributed by atoms with Crippen LogP contribution < -0.4 is 24.3 Å². The van der Waals surface area contributed by atoms with Gasteiger partial charge in [0.15, 0.2) is 23.0 Å². The molecule has 5 rings (SSSR count). The molecule has 0 aromatic heterocycles. The molecule has 2 aromatic carbocycles. The molecule has 2 aromatic rings. The first-order valence-corrected chi connectivity index (χ1v) is 10.1. The third-order valence-electron chi connectivity index (χ3n) is 6.48. The van der Waals surface area contributed by atoms with Crippen molar-refractivity contribution in [2.24, 2.45) is 5.41 Å². The van der Waals surface area contributed by atoms with Crippen molar-refractivity contribution in [2.75, 3.05) is 13.6 Å². The summed E-state index contributed by atoms with van der Waals surface area (Å²) in [6, 6.07) is 6.08. The highest BCUT2D eigenvalue weighted by atomic mass is 16.7. The van der Waals surface area contributed by atoms with E-state index in [1.54, 1.807) is 50.2 Å². The Balaban J connectivity index is 1.62. The van der Waals surface area contributed by atoms with Crippen molar-refractivity contribution in [3.63, 3.8) is 0 Å². The average Bonchev–Trinajstić information content (AvgIpc) is 3.39. The summed E-state index contributed by atoms with van der Waals surface area (Å²) in [5.41, 5.74) is -0.103. The van der Waals surface area contributed by atoms with Crippen molar-refractivity contribution >= 4 is 0 Å². The Labute approximate surface area is 182 Å². The van der Waals surface area contributed by atoms with Crippen LogP contribution in [-0.2, 0) is 0 Å². The fourth-order valence-corrected chi connectivity index (χ4v) is 4.97. The molecule has 11 heteroatoms. The number of nitrogens with zero attached hydrogens (tertiary/aromatic N) is 2. The third kappa shape index (κ3) is 3.08. The maximum absolute atomic E-state index is 12.2. The van der Waals surface area contributed by atoms with Crippen molar-refractivity contribution in [2.45, 2.75) is 38.0 Å². The Kier molecular flexibility index (Phi) is 4.59. The molecule has 168 valence electrons. The van der Waals surface area contributed by atoms with Gasteiger partial charge in [-0.25, -0.2) is 0 Å². The van der Waals surface area contributed by atoms with E-state index in [0.717, 1.165) is 0 Å². The molecule has 1 N–H and O–H groups in total. The second-order valence-corrected chi connectivity index (χ2v) is 8.63. The van der Waals surface area contributed by atoms with Crippen LogP contribution in [0, 0.1) is 25.6 Å². The molecule has 3 heterocycles. The van der Waals surface area contributed by atoms with Crippen molar-refractivity contribution in [3.05, 3.63) is 67.8 Å². The largest absolute Gasteiger partial charge is 0.454 e. The Morgan fingerprint density at radius 1 is 0.781 bits per heavy atom. The molecule has 0 saturated carbocycles. The topological polar surface area (TPSA) is 135 Å². The first-order valence-electron chi connectivity index (χ1n) is 10.1. The molecule has 4 atom stereocenters. The summed E-state index contributed by atoms with van der Waals surface area (Å²) in [7, 11) is 0. The van der Waals surface area contributed by atoms with Gasteiger partial charge in [0, 0.05) is 9.85 Å². The molecule has 0 unspecified atom stereocenters. The molecule has 3 aliphatic heterocycles. The number of piperidine rings is 1. The minimum atomic E-state index is -1.29. The molecule has 1 fully saturated rings. The number of nitro groups is 2. The van der Waals surface area contributed by atoms with E-state index in [1.807, 2.05) is 0 Å². The van der Waals surface area contributed by atoms with Crippen LogP contribution in [0.15, 0.2) is 36.4 Å². The zero-order valence-electron chi connectivity index (χ0n) is 17.3. The van der Waals surface area contributed by atoms with E-state index in [1.165, 1.54) is 0 Å². The van der Waals surface area contributed by atoms with E-state index in [-0.39, 0.29) is 13.6 Å². The molecule has 11 nitrogen and oxygen atoms in total. The number of benzene rings is 2. The lowest BCUT2D eigenvalue weighted by molar-refractivity contribution is -0.605. The van der Waals surface area contributed by atoms with Crippen LogP contribution in [0.25, 0.3) is 0 Å². The number of fused-ring (bicyclic) bond motifs is 2. The summed E-state index contributed by atoms with van der Waals surface area (Å²) < 4.78 is 21.6. The van der Waals surface area contributed by atoms with E-state index < -0.39 is 39.4 Å².